The Balaban J connectivity index is 1.76. The van der Waals surface area contributed by atoms with Gasteiger partial charge in [0.25, 0.3) is 6.01 Å². The fraction of sp³-hybridized carbons (Fsp3) is 0.462. The zero-order valence-corrected chi connectivity index (χ0v) is 11.2. The second-order valence-electron chi connectivity index (χ2n) is 4.59. The van der Waals surface area contributed by atoms with Gasteiger partial charge in [0, 0.05) is 17.5 Å². The van der Waals surface area contributed by atoms with Crippen molar-refractivity contribution in [2.75, 3.05) is 11.9 Å². The number of nitrogens with zero attached hydrogens (tertiary/aromatic N) is 2. The second-order valence-corrected chi connectivity index (χ2v) is 5.62. The van der Waals surface area contributed by atoms with Crippen LogP contribution in [-0.4, -0.2) is 18.1 Å². The van der Waals surface area contributed by atoms with E-state index in [4.69, 9.17) is 4.42 Å². The summed E-state index contributed by atoms with van der Waals surface area (Å²) in [5, 5.41) is 5.20. The van der Waals surface area contributed by atoms with E-state index in [9.17, 15) is 0 Å². The van der Waals surface area contributed by atoms with Crippen molar-refractivity contribution < 1.29 is 4.42 Å². The number of thiophene rings is 1. The Labute approximate surface area is 111 Å². The lowest BCUT2D eigenvalue weighted by Crippen LogP contribution is -2.24. The van der Waals surface area contributed by atoms with Crippen LogP contribution in [0.5, 0.6) is 0 Å². The van der Waals surface area contributed by atoms with Crippen molar-refractivity contribution in [1.82, 2.24) is 10.3 Å². The van der Waals surface area contributed by atoms with Crippen molar-refractivity contribution in [3.8, 4) is 0 Å². The maximum absolute atomic E-state index is 5.61. The predicted octanol–water partition coefficient (Wildman–Crippen LogP) is 2.62. The van der Waals surface area contributed by atoms with E-state index in [-0.39, 0.29) is 0 Å². The van der Waals surface area contributed by atoms with Gasteiger partial charge in [0.2, 0.25) is 0 Å². The quantitative estimate of drug-likeness (QED) is 0.870. The molecule has 0 unspecified atom stereocenters. The molecule has 2 aromatic heterocycles. The van der Waals surface area contributed by atoms with E-state index in [1.807, 2.05) is 7.05 Å². The summed E-state index contributed by atoms with van der Waals surface area (Å²) in [4.78, 5) is 8.18. The molecular weight excluding hydrogens is 246 g/mol. The highest BCUT2D eigenvalue weighted by Gasteiger charge is 2.32. The van der Waals surface area contributed by atoms with E-state index < -0.39 is 0 Å². The van der Waals surface area contributed by atoms with E-state index in [1.165, 1.54) is 17.7 Å². The zero-order chi connectivity index (χ0) is 12.4. The fourth-order valence-corrected chi connectivity index (χ4v) is 2.70. The molecule has 1 fully saturated rings. The number of oxazole rings is 1. The third-order valence-electron chi connectivity index (χ3n) is 3.04. The standard InChI is InChI=1S/C13H17N3OS/c1-14-7-10-9-17-13(15-10)16(11-4-5-11)8-12-3-2-6-18-12/h2-3,6,9,11,14H,4-5,7-8H2,1H3. The number of aromatic nitrogens is 1. The lowest BCUT2D eigenvalue weighted by Gasteiger charge is -2.18. The van der Waals surface area contributed by atoms with Crippen molar-refractivity contribution in [2.24, 2.45) is 0 Å². The van der Waals surface area contributed by atoms with Crippen molar-refractivity contribution in [2.45, 2.75) is 32.0 Å². The SMILES string of the molecule is CNCc1coc(N(Cc2cccs2)C2CC2)n1. The fourth-order valence-electron chi connectivity index (χ4n) is 2.00. The molecule has 18 heavy (non-hydrogen) atoms. The van der Waals surface area contributed by atoms with Crippen LogP contribution in [0.4, 0.5) is 6.01 Å². The Morgan fingerprint density at radius 2 is 2.44 bits per heavy atom. The number of hydrogen-bond donors (Lipinski definition) is 1. The Kier molecular flexibility index (Phi) is 3.34. The minimum absolute atomic E-state index is 0.605. The van der Waals surface area contributed by atoms with E-state index >= 15 is 0 Å². The van der Waals surface area contributed by atoms with Gasteiger partial charge in [-0.2, -0.15) is 4.98 Å². The van der Waals surface area contributed by atoms with Crippen LogP contribution in [0.25, 0.3) is 0 Å². The lowest BCUT2D eigenvalue weighted by molar-refractivity contribution is 0.529. The molecule has 0 bridgehead atoms. The Morgan fingerprint density at radius 3 is 3.11 bits per heavy atom. The number of hydrogen-bond acceptors (Lipinski definition) is 5. The summed E-state index contributed by atoms with van der Waals surface area (Å²) in [5.41, 5.74) is 0.962. The van der Waals surface area contributed by atoms with Crippen LogP contribution < -0.4 is 10.2 Å². The van der Waals surface area contributed by atoms with Crippen LogP contribution in [0.1, 0.15) is 23.4 Å². The highest BCUT2D eigenvalue weighted by atomic mass is 32.1. The maximum Gasteiger partial charge on any atom is 0.298 e. The van der Waals surface area contributed by atoms with E-state index in [2.05, 4.69) is 32.7 Å². The van der Waals surface area contributed by atoms with Crippen LogP contribution in [0.3, 0.4) is 0 Å². The first-order chi connectivity index (χ1) is 8.86. The highest BCUT2D eigenvalue weighted by molar-refractivity contribution is 7.09. The molecule has 0 saturated heterocycles. The molecule has 0 atom stereocenters. The highest BCUT2D eigenvalue weighted by Crippen LogP contribution is 2.33. The molecule has 1 N–H and O–H groups in total. The van der Waals surface area contributed by atoms with E-state index in [0.29, 0.717) is 6.04 Å². The van der Waals surface area contributed by atoms with Crippen LogP contribution in [-0.2, 0) is 13.1 Å². The molecule has 1 aliphatic rings. The molecular formula is C13H17N3OS. The number of anilines is 1. The summed E-state index contributed by atoms with van der Waals surface area (Å²) in [7, 11) is 1.92. The average molecular weight is 263 g/mol. The Morgan fingerprint density at radius 1 is 1.56 bits per heavy atom. The molecule has 0 aromatic carbocycles. The predicted molar refractivity (Wildman–Crippen MR) is 72.8 cm³/mol. The van der Waals surface area contributed by atoms with Gasteiger partial charge >= 0.3 is 0 Å². The Hall–Kier alpha value is -1.33. The van der Waals surface area contributed by atoms with Gasteiger partial charge in [-0.15, -0.1) is 11.3 Å². The first-order valence-corrected chi connectivity index (χ1v) is 7.13. The molecule has 3 rings (SSSR count). The molecule has 96 valence electrons. The average Bonchev–Trinajstić information content (AvgIpc) is 2.89. The zero-order valence-electron chi connectivity index (χ0n) is 10.4. The van der Waals surface area contributed by atoms with Gasteiger partial charge in [-0.05, 0) is 31.3 Å². The monoisotopic (exact) mass is 263 g/mol. The molecule has 2 heterocycles. The molecule has 0 radical (unpaired) electrons. The molecule has 0 amide bonds. The first kappa shape index (κ1) is 11.7. The van der Waals surface area contributed by atoms with Crippen LogP contribution >= 0.6 is 11.3 Å². The Bertz CT molecular complexity index is 490. The van der Waals surface area contributed by atoms with Crippen LogP contribution in [0, 0.1) is 0 Å². The molecule has 0 aliphatic heterocycles. The van der Waals surface area contributed by atoms with E-state index in [1.54, 1.807) is 17.6 Å². The topological polar surface area (TPSA) is 41.3 Å². The minimum Gasteiger partial charge on any atom is -0.432 e. The summed E-state index contributed by atoms with van der Waals surface area (Å²) in [6, 6.07) is 5.62. The molecule has 0 spiro atoms. The van der Waals surface area contributed by atoms with Crippen molar-refractivity contribution >= 4 is 17.4 Å². The van der Waals surface area contributed by atoms with Gasteiger partial charge in [0.05, 0.1) is 12.2 Å². The van der Waals surface area contributed by atoms with Crippen LogP contribution in [0.15, 0.2) is 28.2 Å². The third kappa shape index (κ3) is 2.57. The molecule has 1 aliphatic carbocycles. The van der Waals surface area contributed by atoms with E-state index in [0.717, 1.165) is 24.8 Å². The van der Waals surface area contributed by atoms with Gasteiger partial charge in [-0.25, -0.2) is 0 Å². The third-order valence-corrected chi connectivity index (χ3v) is 3.90. The maximum atomic E-state index is 5.61. The summed E-state index contributed by atoms with van der Waals surface area (Å²) in [5.74, 6) is 0. The normalized spacial score (nSPS) is 14.9. The van der Waals surface area contributed by atoms with Gasteiger partial charge in [0.1, 0.15) is 6.26 Å². The second kappa shape index (κ2) is 5.12. The molecule has 4 nitrogen and oxygen atoms in total. The van der Waals surface area contributed by atoms with Gasteiger partial charge < -0.3 is 14.6 Å². The summed E-state index contributed by atoms with van der Waals surface area (Å²) in [6.45, 7) is 1.66. The lowest BCUT2D eigenvalue weighted by atomic mass is 10.4. The minimum atomic E-state index is 0.605. The van der Waals surface area contributed by atoms with Gasteiger partial charge in [-0.3, -0.25) is 0 Å². The molecule has 5 heteroatoms. The van der Waals surface area contributed by atoms with Crippen LogP contribution in [0.2, 0.25) is 0 Å². The summed E-state index contributed by atoms with van der Waals surface area (Å²) < 4.78 is 5.61. The summed E-state index contributed by atoms with van der Waals surface area (Å²) in [6.07, 6.45) is 4.24. The summed E-state index contributed by atoms with van der Waals surface area (Å²) >= 11 is 1.78. The van der Waals surface area contributed by atoms with Gasteiger partial charge in [0.15, 0.2) is 0 Å². The molecule has 2 aromatic rings. The number of rotatable bonds is 6. The van der Waals surface area contributed by atoms with Crippen molar-refractivity contribution in [3.63, 3.8) is 0 Å². The largest absolute Gasteiger partial charge is 0.432 e. The van der Waals surface area contributed by atoms with Gasteiger partial charge in [-0.1, -0.05) is 6.07 Å². The van der Waals surface area contributed by atoms with Crippen molar-refractivity contribution in [3.05, 3.63) is 34.3 Å². The molecule has 1 saturated carbocycles. The smallest absolute Gasteiger partial charge is 0.298 e. The van der Waals surface area contributed by atoms with Crippen molar-refractivity contribution in [1.29, 1.82) is 0 Å². The first-order valence-electron chi connectivity index (χ1n) is 6.25. The number of nitrogens with one attached hydrogen (secondary N) is 1.